The second kappa shape index (κ2) is 10.8. The van der Waals surface area contributed by atoms with Crippen LogP contribution in [-0.2, 0) is 52.5 Å². The molecule has 0 bridgehead atoms. The maximum absolute atomic E-state index is 13.3. The lowest BCUT2D eigenvalue weighted by Gasteiger charge is -2.28. The average Bonchev–Trinajstić information content (AvgIpc) is 3.48. The number of nitrogens with one attached hydrogen (secondary N) is 3. The van der Waals surface area contributed by atoms with E-state index in [9.17, 15) is 14.4 Å². The van der Waals surface area contributed by atoms with Crippen LogP contribution in [0.5, 0.6) is 0 Å². The van der Waals surface area contributed by atoms with Crippen molar-refractivity contribution >= 4 is 17.7 Å². The molecule has 4 rings (SSSR count). The summed E-state index contributed by atoms with van der Waals surface area (Å²) in [5.41, 5.74) is 3.99. The van der Waals surface area contributed by atoms with E-state index < -0.39 is 83.9 Å². The van der Waals surface area contributed by atoms with Crippen molar-refractivity contribution < 1.29 is 52.5 Å². The summed E-state index contributed by atoms with van der Waals surface area (Å²) in [5, 5.41) is 2.80. The molecule has 0 radical (unpaired) electrons. The zero-order chi connectivity index (χ0) is 28.9. The molecule has 0 aromatic carbocycles. The second-order valence-corrected chi connectivity index (χ2v) is 12.5. The van der Waals surface area contributed by atoms with Crippen LogP contribution < -0.4 is 16.3 Å². The lowest BCUT2D eigenvalue weighted by atomic mass is 9.96. The minimum Gasteiger partial charge on any atom is -0.353 e. The molecule has 0 aliphatic carbocycles. The van der Waals surface area contributed by atoms with Crippen molar-refractivity contribution in [3.05, 3.63) is 0 Å². The van der Waals surface area contributed by atoms with Gasteiger partial charge in [-0.3, -0.25) is 24.1 Å². The highest BCUT2D eigenvalue weighted by Gasteiger charge is 2.60. The Kier molecular flexibility index (Phi) is 8.34. The minimum atomic E-state index is -1.28. The first-order valence-electron chi connectivity index (χ1n) is 13.2. The topological polar surface area (TPSA) is 161 Å². The summed E-state index contributed by atoms with van der Waals surface area (Å²) in [6.45, 7) is 16.3. The zero-order valence-corrected chi connectivity index (χ0v) is 23.9. The largest absolute Gasteiger partial charge is 0.353 e. The molecule has 0 aromatic rings. The zero-order valence-electron chi connectivity index (χ0n) is 23.9. The van der Waals surface area contributed by atoms with Gasteiger partial charge in [0.1, 0.15) is 12.2 Å². The quantitative estimate of drug-likeness (QED) is 0.353. The molecule has 4 saturated heterocycles. The van der Waals surface area contributed by atoms with E-state index >= 15 is 0 Å². The molecule has 14 nitrogen and oxygen atoms in total. The van der Waals surface area contributed by atoms with Crippen LogP contribution in [0.2, 0.25) is 0 Å². The summed E-state index contributed by atoms with van der Waals surface area (Å²) >= 11 is 0. The molecule has 4 heterocycles. The van der Waals surface area contributed by atoms with E-state index in [-0.39, 0.29) is 5.92 Å². The smallest absolute Gasteiger partial charge is 0.275 e. The van der Waals surface area contributed by atoms with Crippen LogP contribution in [0.1, 0.15) is 62.3 Å². The van der Waals surface area contributed by atoms with E-state index in [0.29, 0.717) is 6.54 Å². The van der Waals surface area contributed by atoms with E-state index in [2.05, 4.69) is 16.3 Å². The van der Waals surface area contributed by atoms with Gasteiger partial charge in [-0.2, -0.15) is 0 Å². The van der Waals surface area contributed by atoms with Gasteiger partial charge in [-0.1, -0.05) is 34.6 Å². The fourth-order valence-corrected chi connectivity index (χ4v) is 4.50. The molecule has 222 valence electrons. The molecule has 0 unspecified atom stereocenters. The number of rotatable bonds is 8. The minimum absolute atomic E-state index is 0.212. The van der Waals surface area contributed by atoms with Crippen molar-refractivity contribution in [2.24, 2.45) is 11.3 Å². The van der Waals surface area contributed by atoms with Gasteiger partial charge in [0.05, 0.1) is 0 Å². The van der Waals surface area contributed by atoms with E-state index in [4.69, 9.17) is 38.1 Å². The summed E-state index contributed by atoms with van der Waals surface area (Å²) in [5.74, 6) is -3.31. The van der Waals surface area contributed by atoms with E-state index in [1.807, 2.05) is 13.8 Å². The Balaban J connectivity index is 1.45. The van der Waals surface area contributed by atoms with Crippen molar-refractivity contribution in [3.8, 4) is 0 Å². The van der Waals surface area contributed by atoms with Gasteiger partial charge in [0.25, 0.3) is 11.8 Å². The molecular formula is C25H41N3O11. The normalized spacial score (nSPS) is 36.5. The molecule has 39 heavy (non-hydrogen) atoms. The van der Waals surface area contributed by atoms with Gasteiger partial charge in [0, 0.05) is 12.0 Å². The van der Waals surface area contributed by atoms with Crippen molar-refractivity contribution in [1.29, 1.82) is 0 Å². The van der Waals surface area contributed by atoms with Crippen molar-refractivity contribution in [2.45, 2.75) is 123 Å². The lowest BCUT2D eigenvalue weighted by Crippen LogP contribution is -2.52. The standard InChI is InChI=1S/C25H41N3O11/c1-11(2)10-26-18(29)14-12(16-20(32-14)36-24(6,7)34-16)38-27-19(30)15-13(39-28-22(31)23(3,4)5)17-21(33-15)37-25(8,9)35-17/h11-17,20-21H,10H2,1-9H3,(H,26,29)(H,27,30)(H,28,31)/t12-,13-,14-,15-,16+,17+,20+,21+/m0/s1. The maximum atomic E-state index is 13.3. The Labute approximate surface area is 227 Å². The highest BCUT2D eigenvalue weighted by molar-refractivity contribution is 5.83. The molecule has 4 aliphatic rings. The van der Waals surface area contributed by atoms with Crippen LogP contribution in [0.3, 0.4) is 0 Å². The van der Waals surface area contributed by atoms with Crippen LogP contribution >= 0.6 is 0 Å². The first kappa shape index (κ1) is 30.1. The molecule has 14 heteroatoms. The third-order valence-corrected chi connectivity index (χ3v) is 6.45. The van der Waals surface area contributed by atoms with E-state index in [1.165, 1.54) is 0 Å². The Hall–Kier alpha value is -1.91. The summed E-state index contributed by atoms with van der Waals surface area (Å²) < 4.78 is 34.9. The predicted octanol–water partition coefficient (Wildman–Crippen LogP) is 0.390. The molecular weight excluding hydrogens is 518 g/mol. The van der Waals surface area contributed by atoms with Crippen LogP contribution in [0.25, 0.3) is 0 Å². The molecule has 0 aromatic heterocycles. The second-order valence-electron chi connectivity index (χ2n) is 12.5. The van der Waals surface area contributed by atoms with Crippen LogP contribution in [0, 0.1) is 11.3 Å². The average molecular weight is 560 g/mol. The summed E-state index contributed by atoms with van der Waals surface area (Å²) in [6, 6.07) is 0. The van der Waals surface area contributed by atoms with Gasteiger partial charge in [-0.05, 0) is 33.6 Å². The number of amides is 3. The van der Waals surface area contributed by atoms with Crippen molar-refractivity contribution in [2.75, 3.05) is 6.54 Å². The van der Waals surface area contributed by atoms with E-state index in [0.717, 1.165) is 0 Å². The van der Waals surface area contributed by atoms with Gasteiger partial charge in [0.15, 0.2) is 48.6 Å². The number of carbonyl (C=O) groups excluding carboxylic acids is 3. The van der Waals surface area contributed by atoms with Crippen LogP contribution in [-0.4, -0.2) is 85.0 Å². The van der Waals surface area contributed by atoms with E-state index in [1.54, 1.807) is 48.5 Å². The number of ether oxygens (including phenoxy) is 6. The number of hydroxylamine groups is 2. The van der Waals surface area contributed by atoms with Crippen LogP contribution in [0.15, 0.2) is 0 Å². The summed E-state index contributed by atoms with van der Waals surface area (Å²) in [6.07, 6.45) is -7.86. The lowest BCUT2D eigenvalue weighted by molar-refractivity contribution is -0.231. The van der Waals surface area contributed by atoms with Gasteiger partial charge in [-0.25, -0.2) is 11.0 Å². The summed E-state index contributed by atoms with van der Waals surface area (Å²) in [4.78, 5) is 49.9. The number of carbonyl (C=O) groups is 3. The fourth-order valence-electron chi connectivity index (χ4n) is 4.50. The Morgan fingerprint density at radius 2 is 1.23 bits per heavy atom. The molecule has 0 saturated carbocycles. The Morgan fingerprint density at radius 1 is 0.769 bits per heavy atom. The SMILES string of the molecule is CC(C)CNC(=O)[C@H]1O[C@@H]2OC(C)(C)O[C@@H]2[C@H]1ONC(=O)[C@H]1O[C@@H]2OC(C)(C)O[C@@H]2[C@H]1ONC(=O)C(C)(C)C. The predicted molar refractivity (Wildman–Crippen MR) is 131 cm³/mol. The first-order chi connectivity index (χ1) is 18.0. The molecule has 4 aliphatic heterocycles. The highest BCUT2D eigenvalue weighted by Crippen LogP contribution is 2.40. The summed E-state index contributed by atoms with van der Waals surface area (Å²) in [7, 11) is 0. The van der Waals surface area contributed by atoms with Gasteiger partial charge >= 0.3 is 0 Å². The number of hydrogen-bond donors (Lipinski definition) is 3. The molecule has 3 amide bonds. The molecule has 4 fully saturated rings. The van der Waals surface area contributed by atoms with Gasteiger partial charge in [-0.15, -0.1) is 0 Å². The van der Waals surface area contributed by atoms with Gasteiger partial charge in [0.2, 0.25) is 5.91 Å². The van der Waals surface area contributed by atoms with Crippen molar-refractivity contribution in [3.63, 3.8) is 0 Å². The number of hydrogen-bond acceptors (Lipinski definition) is 11. The Bertz CT molecular complexity index is 950. The molecule has 8 atom stereocenters. The third kappa shape index (κ3) is 6.70. The Morgan fingerprint density at radius 3 is 1.69 bits per heavy atom. The maximum Gasteiger partial charge on any atom is 0.275 e. The molecule has 0 spiro atoms. The van der Waals surface area contributed by atoms with Gasteiger partial charge < -0.3 is 33.7 Å². The number of fused-ring (bicyclic) bond motifs is 2. The van der Waals surface area contributed by atoms with Crippen LogP contribution in [0.4, 0.5) is 0 Å². The van der Waals surface area contributed by atoms with Crippen molar-refractivity contribution in [1.82, 2.24) is 16.3 Å². The monoisotopic (exact) mass is 559 g/mol. The fraction of sp³-hybridized carbons (Fsp3) is 0.880. The highest BCUT2D eigenvalue weighted by atomic mass is 16.9. The third-order valence-electron chi connectivity index (χ3n) is 6.45. The molecule has 3 N–H and O–H groups in total. The first-order valence-corrected chi connectivity index (χ1v) is 13.2.